The van der Waals surface area contributed by atoms with E-state index in [4.69, 9.17) is 28.4 Å². The second-order valence-electron chi connectivity index (χ2n) is 20.1. The Labute approximate surface area is 472 Å². The van der Waals surface area contributed by atoms with Gasteiger partial charge < -0.3 is 28.4 Å². The van der Waals surface area contributed by atoms with Crippen molar-refractivity contribution in [1.29, 1.82) is 0 Å². The van der Waals surface area contributed by atoms with Gasteiger partial charge in [-0.3, -0.25) is 0 Å². The molecule has 69 heavy (non-hydrogen) atoms. The van der Waals surface area contributed by atoms with Gasteiger partial charge in [-0.2, -0.15) is 0 Å². The normalized spacial score (nSPS) is 16.3. The fourth-order valence-electron chi connectivity index (χ4n) is 9.28. The summed E-state index contributed by atoms with van der Waals surface area (Å²) in [4.78, 5) is 0. The van der Waals surface area contributed by atoms with Crippen molar-refractivity contribution in [3.05, 3.63) is 108 Å². The van der Waals surface area contributed by atoms with E-state index in [2.05, 4.69) is 222 Å². The number of hydrogen-bond donors (Lipinski definition) is 0. The summed E-state index contributed by atoms with van der Waals surface area (Å²) in [5.74, 6) is 3.44. The molecule has 4 aromatic rings. The Morgan fingerprint density at radius 1 is 0.478 bits per heavy atom. The molecule has 2 heterocycles. The summed E-state index contributed by atoms with van der Waals surface area (Å²) in [6.07, 6.45) is 13.7. The third-order valence-electron chi connectivity index (χ3n) is 14.9. The monoisotopic (exact) mass is 1390 g/mol. The van der Waals surface area contributed by atoms with Gasteiger partial charge in [-0.1, -0.05) is 61.5 Å². The lowest BCUT2D eigenvalue weighted by Gasteiger charge is -2.37. The van der Waals surface area contributed by atoms with Gasteiger partial charge in [-0.15, -0.1) is 0 Å². The molecule has 2 fully saturated rings. The topological polar surface area (TPSA) is 58.7 Å². The SMILES string of the molecule is CCC(CC)(CCC1CCO1)Oc1c(C)cc(C(C)(C)c2cc(Br)c(OCCCCCC(CC)(CC)Oc3c(Br)cc(C(C)(C)c4cc(Br)c(OCCCC5CO5)c(Br)c4)cc3Br)c(Br)c2)cc1Br. The Morgan fingerprint density at radius 2 is 0.870 bits per heavy atom. The summed E-state index contributed by atoms with van der Waals surface area (Å²) in [5, 5.41) is 0. The Balaban J connectivity index is 1.03. The number of aryl methyl sites for hydroxylation is 1. The van der Waals surface area contributed by atoms with Crippen molar-refractivity contribution in [2.75, 3.05) is 26.4 Å². The Kier molecular flexibility index (Phi) is 21.1. The molecule has 0 N–H and O–H groups in total. The van der Waals surface area contributed by atoms with E-state index >= 15 is 0 Å². The van der Waals surface area contributed by atoms with Crippen LogP contribution >= 0.6 is 112 Å². The fourth-order valence-corrected chi connectivity index (χ4v) is 14.1. The maximum absolute atomic E-state index is 7.01. The highest BCUT2D eigenvalue weighted by molar-refractivity contribution is 9.12. The van der Waals surface area contributed by atoms with Gasteiger partial charge in [0.2, 0.25) is 0 Å². The molecule has 4 aromatic carbocycles. The van der Waals surface area contributed by atoms with E-state index in [1.54, 1.807) is 0 Å². The first-order valence-corrected chi connectivity index (χ1v) is 30.4. The van der Waals surface area contributed by atoms with Crippen LogP contribution in [0.1, 0.15) is 167 Å². The fraction of sp³-hybridized carbons (Fsp3) is 0.571. The largest absolute Gasteiger partial charge is 0.491 e. The zero-order chi connectivity index (χ0) is 50.3. The first-order chi connectivity index (χ1) is 32.7. The molecule has 2 unspecified atom stereocenters. The Bertz CT molecular complexity index is 2270. The van der Waals surface area contributed by atoms with Crippen molar-refractivity contribution in [3.63, 3.8) is 0 Å². The first kappa shape index (κ1) is 57.6. The second kappa shape index (κ2) is 25.3. The van der Waals surface area contributed by atoms with Crippen LogP contribution in [0.4, 0.5) is 0 Å². The smallest absolute Gasteiger partial charge is 0.148 e. The highest BCUT2D eigenvalue weighted by Gasteiger charge is 2.35. The Hall–Kier alpha value is -0.640. The molecule has 2 aliphatic rings. The standard InChI is InChI=1S/C56H71Br7O6/c1-10-55(11-2,69-52-47(62)32-39(33-48(52)63)54(8,9)38-30-45(60)51(46(61)31-38)66-24-17-18-41-34-67-41)21-15-14-16-23-65-50-43(58)28-37(29-44(50)59)53(6,7)36-26-35(5)49(42(57)27-36)68-56(12-3,13-4)22-19-40-20-25-64-40/h26-33,40-41H,10-25,34H2,1-9H3. The van der Waals surface area contributed by atoms with E-state index in [-0.39, 0.29) is 22.0 Å². The van der Waals surface area contributed by atoms with Crippen LogP contribution < -0.4 is 18.9 Å². The van der Waals surface area contributed by atoms with Gasteiger partial charge in [0, 0.05) is 17.4 Å². The van der Waals surface area contributed by atoms with E-state index < -0.39 is 0 Å². The molecule has 2 saturated heterocycles. The first-order valence-electron chi connectivity index (χ1n) is 24.9. The minimum atomic E-state index is -0.309. The predicted molar refractivity (Wildman–Crippen MR) is 309 cm³/mol. The zero-order valence-electron chi connectivity index (χ0n) is 41.9. The molecule has 13 heteroatoms. The lowest BCUT2D eigenvalue weighted by molar-refractivity contribution is -0.0682. The van der Waals surface area contributed by atoms with E-state index in [0.717, 1.165) is 168 Å². The molecule has 0 amide bonds. The molecule has 0 saturated carbocycles. The average Bonchev–Trinajstić information content (AvgIpc) is 4.12. The summed E-state index contributed by atoms with van der Waals surface area (Å²) in [6.45, 7) is 23.2. The van der Waals surface area contributed by atoms with Crippen LogP contribution in [0.15, 0.2) is 79.8 Å². The number of ether oxygens (including phenoxy) is 6. The zero-order valence-corrected chi connectivity index (χ0v) is 53.0. The van der Waals surface area contributed by atoms with Crippen molar-refractivity contribution < 1.29 is 28.4 Å². The molecule has 6 rings (SSSR count). The van der Waals surface area contributed by atoms with Gasteiger partial charge in [-0.05, 0) is 272 Å². The highest BCUT2D eigenvalue weighted by Crippen LogP contribution is 2.47. The summed E-state index contributed by atoms with van der Waals surface area (Å²) in [5.41, 5.74) is 4.75. The van der Waals surface area contributed by atoms with Crippen LogP contribution in [0.25, 0.3) is 0 Å². The summed E-state index contributed by atoms with van der Waals surface area (Å²) in [6, 6.07) is 17.7. The minimum Gasteiger partial charge on any atom is -0.491 e. The van der Waals surface area contributed by atoms with Crippen molar-refractivity contribution in [3.8, 4) is 23.0 Å². The lowest BCUT2D eigenvalue weighted by Crippen LogP contribution is -2.38. The maximum Gasteiger partial charge on any atom is 0.148 e. The van der Waals surface area contributed by atoms with Gasteiger partial charge in [-0.25, -0.2) is 0 Å². The molecule has 0 spiro atoms. The third kappa shape index (κ3) is 14.4. The van der Waals surface area contributed by atoms with Crippen LogP contribution in [0.2, 0.25) is 0 Å². The van der Waals surface area contributed by atoms with Gasteiger partial charge in [0.15, 0.2) is 0 Å². The number of rotatable bonds is 27. The third-order valence-corrected chi connectivity index (χ3v) is 19.0. The number of epoxide rings is 1. The van der Waals surface area contributed by atoms with Crippen LogP contribution in [-0.2, 0) is 20.3 Å². The summed E-state index contributed by atoms with van der Waals surface area (Å²) < 4.78 is 44.3. The van der Waals surface area contributed by atoms with E-state index in [1.165, 1.54) is 11.1 Å². The van der Waals surface area contributed by atoms with Crippen LogP contribution in [0, 0.1) is 6.92 Å². The Morgan fingerprint density at radius 3 is 1.28 bits per heavy atom. The molecule has 380 valence electrons. The van der Waals surface area contributed by atoms with Crippen molar-refractivity contribution in [2.24, 2.45) is 0 Å². The summed E-state index contributed by atoms with van der Waals surface area (Å²) in [7, 11) is 0. The molecular formula is C56H71Br7O6. The number of halogens is 7. The molecule has 0 aliphatic carbocycles. The number of unbranched alkanes of at least 4 members (excludes halogenated alkanes) is 2. The lowest BCUT2D eigenvalue weighted by atomic mass is 9.77. The minimum absolute atomic E-state index is 0.214. The van der Waals surface area contributed by atoms with Crippen LogP contribution in [0.5, 0.6) is 23.0 Å². The van der Waals surface area contributed by atoms with E-state index in [9.17, 15) is 0 Å². The second-order valence-corrected chi connectivity index (χ2v) is 26.1. The molecule has 0 bridgehead atoms. The van der Waals surface area contributed by atoms with Crippen molar-refractivity contribution in [2.45, 2.75) is 180 Å². The van der Waals surface area contributed by atoms with Gasteiger partial charge >= 0.3 is 0 Å². The number of benzene rings is 4. The molecule has 2 aliphatic heterocycles. The van der Waals surface area contributed by atoms with Crippen molar-refractivity contribution in [1.82, 2.24) is 0 Å². The summed E-state index contributed by atoms with van der Waals surface area (Å²) >= 11 is 27.1. The van der Waals surface area contributed by atoms with Gasteiger partial charge in [0.25, 0.3) is 0 Å². The maximum atomic E-state index is 7.01. The molecular weight excluding hydrogens is 1330 g/mol. The van der Waals surface area contributed by atoms with E-state index in [0.29, 0.717) is 25.4 Å². The highest BCUT2D eigenvalue weighted by atomic mass is 79.9. The number of hydrogen-bond acceptors (Lipinski definition) is 6. The van der Waals surface area contributed by atoms with E-state index in [1.807, 2.05) is 0 Å². The van der Waals surface area contributed by atoms with Gasteiger partial charge in [0.1, 0.15) is 34.2 Å². The van der Waals surface area contributed by atoms with Crippen LogP contribution in [0.3, 0.4) is 0 Å². The predicted octanol–water partition coefficient (Wildman–Crippen LogP) is 19.6. The average molecular weight is 1400 g/mol. The van der Waals surface area contributed by atoms with Crippen LogP contribution in [-0.4, -0.2) is 49.8 Å². The van der Waals surface area contributed by atoms with Gasteiger partial charge in [0.05, 0.1) is 63.3 Å². The molecule has 2 atom stereocenters. The van der Waals surface area contributed by atoms with Crippen molar-refractivity contribution >= 4 is 112 Å². The quantitative estimate of drug-likeness (QED) is 0.0438. The molecule has 0 radical (unpaired) electrons. The molecule has 0 aromatic heterocycles. The molecule has 6 nitrogen and oxygen atoms in total.